The Balaban J connectivity index is 2.48. The van der Waals surface area contributed by atoms with Crippen LogP contribution in [0.3, 0.4) is 0 Å². The number of nitrogens with two attached hydrogens (primary N) is 1. The SMILES string of the molecule is Cc1cc(-c2ccc(CN)cc2)c(F)cc1F. The zero-order chi connectivity index (χ0) is 12.4. The van der Waals surface area contributed by atoms with E-state index in [1.807, 2.05) is 12.1 Å². The first-order chi connectivity index (χ1) is 8.11. The van der Waals surface area contributed by atoms with Crippen LogP contribution in [0.5, 0.6) is 0 Å². The van der Waals surface area contributed by atoms with E-state index in [0.29, 0.717) is 17.7 Å². The lowest BCUT2D eigenvalue weighted by Crippen LogP contribution is -1.96. The molecule has 0 saturated heterocycles. The molecule has 0 atom stereocenters. The standard InChI is InChI=1S/C14H13F2N/c1-9-6-12(14(16)7-13(9)15)11-4-2-10(8-17)3-5-11/h2-7H,8,17H2,1H3. The molecule has 2 rings (SSSR count). The second-order valence-electron chi connectivity index (χ2n) is 3.98. The summed E-state index contributed by atoms with van der Waals surface area (Å²) in [5.41, 5.74) is 8.04. The molecule has 2 aromatic rings. The largest absolute Gasteiger partial charge is 0.326 e. The van der Waals surface area contributed by atoms with Crippen molar-refractivity contribution in [3.63, 3.8) is 0 Å². The highest BCUT2D eigenvalue weighted by atomic mass is 19.1. The maximum absolute atomic E-state index is 13.6. The van der Waals surface area contributed by atoms with Crippen LogP contribution in [0.1, 0.15) is 11.1 Å². The first-order valence-electron chi connectivity index (χ1n) is 5.37. The lowest BCUT2D eigenvalue weighted by Gasteiger charge is -2.06. The quantitative estimate of drug-likeness (QED) is 0.845. The van der Waals surface area contributed by atoms with Gasteiger partial charge < -0.3 is 5.73 Å². The molecule has 2 N–H and O–H groups in total. The molecular formula is C14H13F2N. The summed E-state index contributed by atoms with van der Waals surface area (Å²) in [5.74, 6) is -1.07. The zero-order valence-electron chi connectivity index (χ0n) is 9.50. The second kappa shape index (κ2) is 4.63. The zero-order valence-corrected chi connectivity index (χ0v) is 9.50. The third-order valence-electron chi connectivity index (χ3n) is 2.75. The van der Waals surface area contributed by atoms with Crippen LogP contribution in [0.4, 0.5) is 8.78 Å². The van der Waals surface area contributed by atoms with E-state index in [1.165, 1.54) is 6.07 Å². The smallest absolute Gasteiger partial charge is 0.133 e. The molecule has 0 spiro atoms. The van der Waals surface area contributed by atoms with Crippen LogP contribution in [-0.4, -0.2) is 0 Å². The normalized spacial score (nSPS) is 10.6. The number of hydrogen-bond acceptors (Lipinski definition) is 1. The number of aryl methyl sites for hydroxylation is 1. The number of rotatable bonds is 2. The number of benzene rings is 2. The van der Waals surface area contributed by atoms with Crippen molar-refractivity contribution in [3.8, 4) is 11.1 Å². The molecule has 0 radical (unpaired) electrons. The summed E-state index contributed by atoms with van der Waals surface area (Å²) in [5, 5.41) is 0. The molecule has 2 aromatic carbocycles. The van der Waals surface area contributed by atoms with Crippen molar-refractivity contribution >= 4 is 0 Å². The molecule has 0 unspecified atom stereocenters. The molecule has 0 heterocycles. The predicted octanol–water partition coefficient (Wildman–Crippen LogP) is 3.40. The van der Waals surface area contributed by atoms with Gasteiger partial charge in [-0.1, -0.05) is 24.3 Å². The van der Waals surface area contributed by atoms with E-state index in [-0.39, 0.29) is 0 Å². The van der Waals surface area contributed by atoms with E-state index in [0.717, 1.165) is 17.2 Å². The fourth-order valence-electron chi connectivity index (χ4n) is 1.70. The minimum Gasteiger partial charge on any atom is -0.326 e. The topological polar surface area (TPSA) is 26.0 Å². The van der Waals surface area contributed by atoms with Crippen molar-refractivity contribution in [3.05, 3.63) is 59.2 Å². The Morgan fingerprint density at radius 2 is 1.65 bits per heavy atom. The molecule has 0 bridgehead atoms. The van der Waals surface area contributed by atoms with Gasteiger partial charge in [0.15, 0.2) is 0 Å². The van der Waals surface area contributed by atoms with Crippen molar-refractivity contribution in [1.82, 2.24) is 0 Å². The first-order valence-corrected chi connectivity index (χ1v) is 5.37. The molecule has 0 amide bonds. The van der Waals surface area contributed by atoms with Crippen molar-refractivity contribution in [2.45, 2.75) is 13.5 Å². The Morgan fingerprint density at radius 1 is 1.00 bits per heavy atom. The number of hydrogen-bond donors (Lipinski definition) is 1. The summed E-state index contributed by atoms with van der Waals surface area (Å²) in [7, 11) is 0. The lowest BCUT2D eigenvalue weighted by molar-refractivity contribution is 0.579. The van der Waals surface area contributed by atoms with Gasteiger partial charge in [-0.15, -0.1) is 0 Å². The van der Waals surface area contributed by atoms with Crippen LogP contribution in [0.15, 0.2) is 36.4 Å². The molecule has 0 aromatic heterocycles. The Labute approximate surface area is 98.9 Å². The van der Waals surface area contributed by atoms with Gasteiger partial charge in [0.2, 0.25) is 0 Å². The van der Waals surface area contributed by atoms with Crippen molar-refractivity contribution < 1.29 is 8.78 Å². The molecule has 0 aliphatic carbocycles. The Kier molecular flexibility index (Phi) is 3.20. The van der Waals surface area contributed by atoms with E-state index < -0.39 is 11.6 Å². The Morgan fingerprint density at radius 3 is 2.24 bits per heavy atom. The summed E-state index contributed by atoms with van der Waals surface area (Å²) < 4.78 is 26.8. The fourth-order valence-corrected chi connectivity index (χ4v) is 1.70. The minimum atomic E-state index is -0.548. The highest BCUT2D eigenvalue weighted by molar-refractivity contribution is 5.65. The van der Waals surface area contributed by atoms with Crippen molar-refractivity contribution in [1.29, 1.82) is 0 Å². The molecule has 0 saturated carbocycles. The summed E-state index contributed by atoms with van der Waals surface area (Å²) in [6.07, 6.45) is 0. The van der Waals surface area contributed by atoms with Crippen LogP contribution in [-0.2, 0) is 6.54 Å². The highest BCUT2D eigenvalue weighted by Gasteiger charge is 2.08. The van der Waals surface area contributed by atoms with Crippen LogP contribution in [0.2, 0.25) is 0 Å². The Bertz CT molecular complexity index is 533. The van der Waals surface area contributed by atoms with Crippen molar-refractivity contribution in [2.75, 3.05) is 0 Å². The maximum atomic E-state index is 13.6. The summed E-state index contributed by atoms with van der Waals surface area (Å²) in [6.45, 7) is 2.07. The van der Waals surface area contributed by atoms with E-state index in [2.05, 4.69) is 0 Å². The molecular weight excluding hydrogens is 220 g/mol. The van der Waals surface area contributed by atoms with Gasteiger partial charge in [-0.2, -0.15) is 0 Å². The summed E-state index contributed by atoms with van der Waals surface area (Å²) in [6, 6.07) is 9.69. The molecule has 0 aliphatic heterocycles. The maximum Gasteiger partial charge on any atom is 0.133 e. The third-order valence-corrected chi connectivity index (χ3v) is 2.75. The second-order valence-corrected chi connectivity index (χ2v) is 3.98. The molecule has 88 valence electrons. The van der Waals surface area contributed by atoms with E-state index in [4.69, 9.17) is 5.73 Å². The van der Waals surface area contributed by atoms with Gasteiger partial charge in [0, 0.05) is 18.2 Å². The van der Waals surface area contributed by atoms with Gasteiger partial charge in [-0.25, -0.2) is 8.78 Å². The van der Waals surface area contributed by atoms with Gasteiger partial charge in [-0.3, -0.25) is 0 Å². The molecule has 0 aliphatic rings. The molecule has 17 heavy (non-hydrogen) atoms. The average Bonchev–Trinajstić information content (AvgIpc) is 2.34. The van der Waals surface area contributed by atoms with Gasteiger partial charge in [0.25, 0.3) is 0 Å². The summed E-state index contributed by atoms with van der Waals surface area (Å²) >= 11 is 0. The molecule has 0 fully saturated rings. The van der Waals surface area contributed by atoms with Crippen LogP contribution in [0.25, 0.3) is 11.1 Å². The van der Waals surface area contributed by atoms with Crippen molar-refractivity contribution in [2.24, 2.45) is 5.73 Å². The van der Waals surface area contributed by atoms with Gasteiger partial charge >= 0.3 is 0 Å². The highest BCUT2D eigenvalue weighted by Crippen LogP contribution is 2.25. The fraction of sp³-hybridized carbons (Fsp3) is 0.143. The third kappa shape index (κ3) is 2.34. The lowest BCUT2D eigenvalue weighted by atomic mass is 10.0. The minimum absolute atomic E-state index is 0.410. The van der Waals surface area contributed by atoms with E-state index >= 15 is 0 Å². The number of halogens is 2. The first kappa shape index (κ1) is 11.7. The monoisotopic (exact) mass is 233 g/mol. The molecule has 3 heteroatoms. The van der Waals surface area contributed by atoms with Gasteiger partial charge in [0.05, 0.1) is 0 Å². The van der Waals surface area contributed by atoms with Crippen LogP contribution >= 0.6 is 0 Å². The summed E-state index contributed by atoms with van der Waals surface area (Å²) in [4.78, 5) is 0. The van der Waals surface area contributed by atoms with Gasteiger partial charge in [0.1, 0.15) is 11.6 Å². The van der Waals surface area contributed by atoms with E-state index in [9.17, 15) is 8.78 Å². The molecule has 1 nitrogen and oxygen atoms in total. The predicted molar refractivity (Wildman–Crippen MR) is 64.4 cm³/mol. The van der Waals surface area contributed by atoms with E-state index in [1.54, 1.807) is 19.1 Å². The van der Waals surface area contributed by atoms with Crippen LogP contribution in [0, 0.1) is 18.6 Å². The van der Waals surface area contributed by atoms with Gasteiger partial charge in [-0.05, 0) is 29.7 Å². The Hall–Kier alpha value is -1.74. The van der Waals surface area contributed by atoms with Crippen LogP contribution < -0.4 is 5.73 Å². The average molecular weight is 233 g/mol.